The summed E-state index contributed by atoms with van der Waals surface area (Å²) in [5.41, 5.74) is 6.19. The fourth-order valence-corrected chi connectivity index (χ4v) is 5.95. The van der Waals surface area contributed by atoms with E-state index in [1.165, 1.54) is 0 Å². The first-order valence-corrected chi connectivity index (χ1v) is 13.0. The maximum absolute atomic E-state index is 9.19. The monoisotopic (exact) mass is 500 g/mol. The number of fused-ring (bicyclic) bond motifs is 5. The smallest absolute Gasteiger partial charge is 0.143 e. The van der Waals surface area contributed by atoms with Gasteiger partial charge >= 0.3 is 0 Å². The van der Waals surface area contributed by atoms with Gasteiger partial charge in [0.2, 0.25) is 0 Å². The normalized spacial score (nSPS) is 13.0. The van der Waals surface area contributed by atoms with Crippen LogP contribution in [0.4, 0.5) is 0 Å². The lowest BCUT2D eigenvalue weighted by atomic mass is 9.83. The van der Waals surface area contributed by atoms with Crippen LogP contribution in [0, 0.1) is 0 Å². The Bertz CT molecular complexity index is 2330. The summed E-state index contributed by atoms with van der Waals surface area (Å²) in [5.74, 6) is 0. The SMILES string of the molecule is [2H]c1c([2H])c([2H])c(-c2c3ccccc3c(-c3cccc4c3oc3ccccc34)c3ccccc23)c(-c2ccccc2)c1[2H]. The van der Waals surface area contributed by atoms with Crippen molar-refractivity contribution in [2.45, 2.75) is 0 Å². The molecule has 0 spiro atoms. The molecule has 8 rings (SSSR count). The van der Waals surface area contributed by atoms with Crippen LogP contribution in [0.25, 0.3) is 76.9 Å². The quantitative estimate of drug-likeness (QED) is 0.220. The Hall–Kier alpha value is -5.14. The molecule has 0 amide bonds. The molecule has 0 saturated heterocycles. The van der Waals surface area contributed by atoms with Crippen LogP contribution in [0.15, 0.2) is 150 Å². The average molecular weight is 501 g/mol. The highest BCUT2D eigenvalue weighted by molar-refractivity contribution is 6.24. The number of para-hydroxylation sites is 2. The van der Waals surface area contributed by atoms with Crippen molar-refractivity contribution < 1.29 is 9.90 Å². The van der Waals surface area contributed by atoms with Gasteiger partial charge in [0.15, 0.2) is 0 Å². The van der Waals surface area contributed by atoms with Gasteiger partial charge in [-0.1, -0.05) is 139 Å². The predicted molar refractivity (Wildman–Crippen MR) is 165 cm³/mol. The molecule has 182 valence electrons. The van der Waals surface area contributed by atoms with Crippen molar-refractivity contribution in [1.82, 2.24) is 0 Å². The Kier molecular flexibility index (Phi) is 4.06. The second kappa shape index (κ2) is 8.72. The van der Waals surface area contributed by atoms with E-state index in [0.29, 0.717) is 11.1 Å². The average Bonchev–Trinajstić information content (AvgIpc) is 3.44. The van der Waals surface area contributed by atoms with E-state index in [9.17, 15) is 1.37 Å². The molecule has 1 nitrogen and oxygen atoms in total. The Morgan fingerprint density at radius 1 is 0.410 bits per heavy atom. The molecule has 1 heteroatoms. The van der Waals surface area contributed by atoms with Crippen LogP contribution in [0.2, 0.25) is 0 Å². The third-order valence-electron chi connectivity index (χ3n) is 7.61. The van der Waals surface area contributed by atoms with Crippen LogP contribution in [0.5, 0.6) is 0 Å². The zero-order chi connectivity index (χ0) is 29.2. The van der Waals surface area contributed by atoms with Gasteiger partial charge in [-0.3, -0.25) is 0 Å². The Morgan fingerprint density at radius 3 is 1.59 bits per heavy atom. The molecule has 0 atom stereocenters. The second-order valence-electron chi connectivity index (χ2n) is 9.74. The molecule has 0 aliphatic rings. The van der Waals surface area contributed by atoms with Gasteiger partial charge in [0.1, 0.15) is 11.2 Å². The van der Waals surface area contributed by atoms with Gasteiger partial charge in [0, 0.05) is 21.9 Å². The highest BCUT2D eigenvalue weighted by Gasteiger charge is 2.21. The van der Waals surface area contributed by atoms with Crippen molar-refractivity contribution in [2.75, 3.05) is 0 Å². The molecule has 0 saturated carbocycles. The summed E-state index contributed by atoms with van der Waals surface area (Å²) in [6, 6.07) is 39.6. The Labute approximate surface area is 232 Å². The van der Waals surface area contributed by atoms with E-state index in [1.807, 2.05) is 72.8 Å². The first-order chi connectivity index (χ1) is 21.0. The van der Waals surface area contributed by atoms with E-state index in [-0.39, 0.29) is 24.2 Å². The molecule has 0 N–H and O–H groups in total. The summed E-state index contributed by atoms with van der Waals surface area (Å²) in [6.07, 6.45) is 0. The van der Waals surface area contributed by atoms with Crippen molar-refractivity contribution in [3.8, 4) is 33.4 Å². The summed E-state index contributed by atoms with van der Waals surface area (Å²) >= 11 is 0. The predicted octanol–water partition coefficient (Wildman–Crippen LogP) is 10.9. The van der Waals surface area contributed by atoms with Crippen LogP contribution in [0.3, 0.4) is 0 Å². The minimum Gasteiger partial charge on any atom is -0.455 e. The van der Waals surface area contributed by atoms with Gasteiger partial charge in [0.25, 0.3) is 0 Å². The Morgan fingerprint density at radius 2 is 0.923 bits per heavy atom. The first-order valence-electron chi connectivity index (χ1n) is 15.0. The first kappa shape index (κ1) is 18.2. The van der Waals surface area contributed by atoms with Crippen molar-refractivity contribution in [3.05, 3.63) is 145 Å². The molecule has 0 bridgehead atoms. The fourth-order valence-electron chi connectivity index (χ4n) is 5.95. The second-order valence-corrected chi connectivity index (χ2v) is 9.74. The molecular formula is C38H24O. The summed E-state index contributed by atoms with van der Waals surface area (Å²) in [4.78, 5) is 0. The van der Waals surface area contributed by atoms with Gasteiger partial charge in [0.05, 0.1) is 5.48 Å². The van der Waals surface area contributed by atoms with Crippen LogP contribution in [-0.2, 0) is 0 Å². The highest BCUT2D eigenvalue weighted by atomic mass is 16.3. The molecular weight excluding hydrogens is 472 g/mol. The van der Waals surface area contributed by atoms with Crippen LogP contribution < -0.4 is 0 Å². The van der Waals surface area contributed by atoms with Gasteiger partial charge in [-0.2, -0.15) is 0 Å². The van der Waals surface area contributed by atoms with E-state index in [2.05, 4.69) is 48.5 Å². The summed E-state index contributed by atoms with van der Waals surface area (Å²) in [5, 5.41) is 5.90. The molecule has 39 heavy (non-hydrogen) atoms. The number of hydrogen-bond acceptors (Lipinski definition) is 1. The standard InChI is InChI=1S/C38H24O/c1-2-13-25(14-3-1)26-15-4-5-17-28(26)36-29-18-6-8-20-31(29)37(32-21-9-7-19-30(32)36)34-23-12-22-33-27-16-10-11-24-35(27)39-38(33)34/h1-24H/i4D,5D,15D,17D. The lowest BCUT2D eigenvalue weighted by molar-refractivity contribution is 0.670. The van der Waals surface area contributed by atoms with Crippen LogP contribution in [0.1, 0.15) is 5.48 Å². The Balaban J connectivity index is 1.57. The zero-order valence-electron chi connectivity index (χ0n) is 25.0. The van der Waals surface area contributed by atoms with Crippen molar-refractivity contribution >= 4 is 43.5 Å². The van der Waals surface area contributed by atoms with Crippen molar-refractivity contribution in [2.24, 2.45) is 0 Å². The molecule has 1 aromatic heterocycles. The minimum atomic E-state index is -0.246. The van der Waals surface area contributed by atoms with E-state index < -0.39 is 0 Å². The van der Waals surface area contributed by atoms with E-state index >= 15 is 0 Å². The van der Waals surface area contributed by atoms with Crippen molar-refractivity contribution in [3.63, 3.8) is 0 Å². The minimum absolute atomic E-state index is 0.0496. The number of benzene rings is 7. The summed E-state index contributed by atoms with van der Waals surface area (Å²) in [7, 11) is 0. The van der Waals surface area contributed by atoms with Gasteiger partial charge in [-0.15, -0.1) is 0 Å². The largest absolute Gasteiger partial charge is 0.455 e. The molecule has 0 fully saturated rings. The fraction of sp³-hybridized carbons (Fsp3) is 0. The zero-order valence-corrected chi connectivity index (χ0v) is 21.0. The van der Waals surface area contributed by atoms with Gasteiger partial charge in [-0.25, -0.2) is 0 Å². The van der Waals surface area contributed by atoms with Crippen LogP contribution in [-0.4, -0.2) is 0 Å². The van der Waals surface area contributed by atoms with E-state index in [1.54, 1.807) is 0 Å². The number of furan rings is 1. The van der Waals surface area contributed by atoms with Gasteiger partial charge in [-0.05, 0) is 49.9 Å². The lowest BCUT2D eigenvalue weighted by Gasteiger charge is -2.19. The molecule has 7 aromatic carbocycles. The van der Waals surface area contributed by atoms with Crippen molar-refractivity contribution in [1.29, 1.82) is 0 Å². The third kappa shape index (κ3) is 3.34. The molecule has 0 aliphatic carbocycles. The third-order valence-corrected chi connectivity index (χ3v) is 7.61. The summed E-state index contributed by atoms with van der Waals surface area (Å²) < 4.78 is 41.9. The molecule has 0 aliphatic heterocycles. The van der Waals surface area contributed by atoms with E-state index in [4.69, 9.17) is 8.53 Å². The van der Waals surface area contributed by atoms with Gasteiger partial charge < -0.3 is 4.42 Å². The maximum atomic E-state index is 9.19. The topological polar surface area (TPSA) is 13.1 Å². The summed E-state index contributed by atoms with van der Waals surface area (Å²) in [6.45, 7) is 0. The lowest BCUT2D eigenvalue weighted by Crippen LogP contribution is -1.92. The van der Waals surface area contributed by atoms with Crippen LogP contribution >= 0.6 is 0 Å². The molecule has 8 aromatic rings. The molecule has 0 radical (unpaired) electrons. The van der Waals surface area contributed by atoms with E-state index in [0.717, 1.165) is 65.7 Å². The maximum Gasteiger partial charge on any atom is 0.143 e. The number of rotatable bonds is 3. The molecule has 0 unspecified atom stereocenters. The molecule has 1 heterocycles. The number of hydrogen-bond donors (Lipinski definition) is 0. The highest BCUT2D eigenvalue weighted by Crippen LogP contribution is 2.47.